The first-order chi connectivity index (χ1) is 26.2. The molecule has 6 atom stereocenters. The van der Waals surface area contributed by atoms with Gasteiger partial charge in [-0.05, 0) is 69.1 Å². The summed E-state index contributed by atoms with van der Waals surface area (Å²) >= 11 is 0. The van der Waals surface area contributed by atoms with Gasteiger partial charge in [-0.25, -0.2) is 22.4 Å². The molecule has 16 nitrogen and oxygen atoms in total. The number of fused-ring (bicyclic) bond motifs is 1. The molecule has 4 N–H and O–H groups in total. The van der Waals surface area contributed by atoms with E-state index >= 15 is 4.39 Å². The number of sulfonamides is 1. The first-order valence-electron chi connectivity index (χ1n) is 18.6. The van der Waals surface area contributed by atoms with E-state index in [0.717, 1.165) is 23.8 Å². The molecule has 18 heteroatoms. The van der Waals surface area contributed by atoms with E-state index in [4.69, 9.17) is 4.74 Å². The molecule has 5 fully saturated rings. The zero-order valence-corrected chi connectivity index (χ0v) is 31.0. The molecule has 3 saturated carbocycles. The number of nitrogens with zero attached hydrogens (tertiary/aromatic N) is 3. The lowest BCUT2D eigenvalue weighted by Crippen LogP contribution is -2.64. The van der Waals surface area contributed by atoms with Crippen molar-refractivity contribution in [3.05, 3.63) is 60.5 Å². The predicted molar refractivity (Wildman–Crippen MR) is 192 cm³/mol. The van der Waals surface area contributed by atoms with Crippen molar-refractivity contribution in [1.29, 1.82) is 0 Å². The largest absolute Gasteiger partial charge is 0.465 e. The van der Waals surface area contributed by atoms with Gasteiger partial charge in [-0.3, -0.25) is 28.8 Å². The number of carboxylic acid groups (broad SMARTS) is 1. The minimum atomic E-state index is -3.98. The van der Waals surface area contributed by atoms with Crippen molar-refractivity contribution in [3.8, 4) is 0 Å². The van der Waals surface area contributed by atoms with E-state index in [9.17, 15) is 42.3 Å². The summed E-state index contributed by atoms with van der Waals surface area (Å²) in [7, 11) is -3.98. The Kier molecular flexibility index (Phi) is 10.1. The molecule has 0 aromatic heterocycles. The highest BCUT2D eigenvalue weighted by molar-refractivity contribution is 7.91. The van der Waals surface area contributed by atoms with E-state index in [-0.39, 0.29) is 56.6 Å². The monoisotopic (exact) mass is 784 g/mol. The van der Waals surface area contributed by atoms with Gasteiger partial charge in [0.15, 0.2) is 0 Å². The minimum absolute atomic E-state index is 0.0485. The van der Waals surface area contributed by atoms with Crippen molar-refractivity contribution >= 4 is 45.8 Å². The second-order valence-electron chi connectivity index (χ2n) is 15.5. The Morgan fingerprint density at radius 1 is 1.02 bits per heavy atom. The summed E-state index contributed by atoms with van der Waals surface area (Å²) in [5.41, 5.74) is -1.11. The highest BCUT2D eigenvalue weighted by Gasteiger charge is 2.62. The number of amides is 6. The third kappa shape index (κ3) is 7.27. The normalized spacial score (nSPS) is 28.1. The van der Waals surface area contributed by atoms with Crippen LogP contribution in [0.5, 0.6) is 0 Å². The average molecular weight is 785 g/mol. The van der Waals surface area contributed by atoms with Crippen LogP contribution in [-0.2, 0) is 40.5 Å². The molecular weight excluding hydrogens is 740 g/mol. The van der Waals surface area contributed by atoms with E-state index < -0.39 is 92.4 Å². The summed E-state index contributed by atoms with van der Waals surface area (Å²) in [6.07, 6.45) is 3.88. The van der Waals surface area contributed by atoms with E-state index in [1.165, 1.54) is 28.0 Å². The quantitative estimate of drug-likeness (QED) is 0.179. The number of hydrogen-bond acceptors (Lipinski definition) is 9. The maximum atomic E-state index is 15.0. The van der Waals surface area contributed by atoms with Gasteiger partial charge in [-0.15, -0.1) is 6.58 Å². The first kappa shape index (κ1) is 38.3. The third-order valence-corrected chi connectivity index (χ3v) is 13.8. The van der Waals surface area contributed by atoms with Crippen molar-refractivity contribution < 1.29 is 51.4 Å². The fourth-order valence-electron chi connectivity index (χ4n) is 8.67. The van der Waals surface area contributed by atoms with Gasteiger partial charge in [0, 0.05) is 43.0 Å². The van der Waals surface area contributed by atoms with Gasteiger partial charge in [0.1, 0.15) is 29.5 Å². The van der Waals surface area contributed by atoms with Crippen LogP contribution in [0, 0.1) is 23.6 Å². The van der Waals surface area contributed by atoms with Crippen LogP contribution in [0.25, 0.3) is 0 Å². The number of likely N-dealkylation sites (tertiary alicyclic amines) is 2. The lowest BCUT2D eigenvalue weighted by atomic mass is 9.90. The van der Waals surface area contributed by atoms with Crippen molar-refractivity contribution in [2.75, 3.05) is 19.6 Å². The molecule has 0 spiro atoms. The number of carbonyl (C=O) groups is 6. The number of ether oxygens (including phenoxy) is 1. The number of rotatable bonds is 12. The molecule has 7 rings (SSSR count). The Balaban J connectivity index is 1.20. The van der Waals surface area contributed by atoms with Gasteiger partial charge in [0.05, 0.1) is 17.8 Å². The zero-order chi connectivity index (χ0) is 39.4. The summed E-state index contributed by atoms with van der Waals surface area (Å²) in [5.74, 6) is -5.37. The first-order valence-corrected chi connectivity index (χ1v) is 20.2. The number of carbonyl (C=O) groups excluding carboxylic acids is 5. The molecule has 55 heavy (non-hydrogen) atoms. The predicted octanol–water partition coefficient (Wildman–Crippen LogP) is 1.93. The highest BCUT2D eigenvalue weighted by atomic mass is 32.2. The van der Waals surface area contributed by atoms with Crippen molar-refractivity contribution in [1.82, 2.24) is 30.1 Å². The Labute approximate surface area is 317 Å². The molecule has 0 radical (unpaired) electrons. The molecule has 3 aliphatic heterocycles. The molecule has 3 unspecified atom stereocenters. The van der Waals surface area contributed by atoms with Crippen LogP contribution in [0.3, 0.4) is 0 Å². The highest BCUT2D eigenvalue weighted by Crippen LogP contribution is 2.48. The third-order valence-electron chi connectivity index (χ3n) is 12.0. The summed E-state index contributed by atoms with van der Waals surface area (Å²) in [5, 5.41) is 14.9. The average Bonchev–Trinajstić information content (AvgIpc) is 3.93. The molecule has 6 aliphatic rings. The number of alkyl carbamates (subject to hydrolysis) is 1. The zero-order valence-electron chi connectivity index (χ0n) is 30.2. The molecule has 2 saturated heterocycles. The SMILES string of the molecule is C=CC(=O)N1CC(C(NC(=O)OC2CCCC2)C(=O)N2CC(C3c4cccc(F)c4CN3C(=O)O)C[C@H]2C(=O)N[C@]2(C(=O)NS(=O)(=O)C3CC3)C[C@H]2C=C)C1. The van der Waals surface area contributed by atoms with Crippen LogP contribution in [-0.4, -0.2) is 113 Å². The molecule has 1 aromatic carbocycles. The van der Waals surface area contributed by atoms with Gasteiger partial charge >= 0.3 is 12.2 Å². The van der Waals surface area contributed by atoms with Gasteiger partial charge in [0.2, 0.25) is 27.7 Å². The number of nitrogens with one attached hydrogen (secondary N) is 3. The summed E-state index contributed by atoms with van der Waals surface area (Å²) in [6, 6.07) is 0.723. The Bertz CT molecular complexity index is 1930. The van der Waals surface area contributed by atoms with E-state index in [0.29, 0.717) is 31.2 Å². The smallest absolute Gasteiger partial charge is 0.408 e. The van der Waals surface area contributed by atoms with Crippen LogP contribution in [0.15, 0.2) is 43.5 Å². The Morgan fingerprint density at radius 3 is 2.35 bits per heavy atom. The summed E-state index contributed by atoms with van der Waals surface area (Å²) in [4.78, 5) is 84.6. The topological polar surface area (TPSA) is 212 Å². The second-order valence-corrected chi connectivity index (χ2v) is 17.4. The second kappa shape index (κ2) is 14.6. The molecule has 0 bridgehead atoms. The minimum Gasteiger partial charge on any atom is -0.465 e. The van der Waals surface area contributed by atoms with Crippen LogP contribution in [0.4, 0.5) is 14.0 Å². The van der Waals surface area contributed by atoms with Crippen molar-refractivity contribution in [2.45, 2.75) is 92.9 Å². The van der Waals surface area contributed by atoms with Crippen LogP contribution in [0.2, 0.25) is 0 Å². The number of halogens is 1. The van der Waals surface area contributed by atoms with Gasteiger partial charge < -0.3 is 30.3 Å². The summed E-state index contributed by atoms with van der Waals surface area (Å²) in [6.45, 7) is 6.96. The fourth-order valence-corrected chi connectivity index (χ4v) is 10.0. The van der Waals surface area contributed by atoms with E-state index in [2.05, 4.69) is 28.5 Å². The van der Waals surface area contributed by atoms with Crippen molar-refractivity contribution in [2.24, 2.45) is 17.8 Å². The number of hydrogen-bond donors (Lipinski definition) is 4. The Morgan fingerprint density at radius 2 is 1.73 bits per heavy atom. The van der Waals surface area contributed by atoms with E-state index in [1.54, 1.807) is 6.07 Å². The molecule has 3 heterocycles. The fraction of sp³-hybridized carbons (Fsp3) is 0.568. The maximum absolute atomic E-state index is 15.0. The maximum Gasteiger partial charge on any atom is 0.408 e. The van der Waals surface area contributed by atoms with Gasteiger partial charge in [-0.1, -0.05) is 24.8 Å². The van der Waals surface area contributed by atoms with Crippen LogP contribution < -0.4 is 15.4 Å². The van der Waals surface area contributed by atoms with Crippen molar-refractivity contribution in [3.63, 3.8) is 0 Å². The molecule has 6 amide bonds. The van der Waals surface area contributed by atoms with E-state index in [1.807, 2.05) is 0 Å². The van der Waals surface area contributed by atoms with Gasteiger partial charge in [-0.2, -0.15) is 0 Å². The Hall–Kier alpha value is -5.00. The lowest BCUT2D eigenvalue weighted by molar-refractivity contribution is -0.145. The summed E-state index contributed by atoms with van der Waals surface area (Å²) < 4.78 is 48.2. The standard InChI is InChI=1S/C37H45FN6O10S/c1-3-22-15-37(22,34(48)41-55(52,53)24-12-13-24)40-32(46)28-14-20(31-25-10-7-11-27(38)26(25)19-44(31)36(50)51)18-43(28)33(47)30(21-16-42(17-21)29(45)4-2)39-35(49)54-23-8-5-6-9-23/h3-4,7,10-11,20-24,28,30-31H,1-2,5-6,8-9,12-19H2,(H,39,49)(H,40,46)(H,41,48)(H,50,51)/t20?,22-,28+,30?,31?,37-/m1/s1. The molecule has 3 aliphatic carbocycles. The molecule has 296 valence electrons. The molecule has 1 aromatic rings. The number of benzene rings is 1. The van der Waals surface area contributed by atoms with Crippen LogP contribution >= 0.6 is 0 Å². The van der Waals surface area contributed by atoms with Crippen LogP contribution in [0.1, 0.15) is 68.5 Å². The van der Waals surface area contributed by atoms with Gasteiger partial charge in [0.25, 0.3) is 5.91 Å². The molecular formula is C37H45FN6O10S. The lowest BCUT2D eigenvalue weighted by Gasteiger charge is -2.43.